The molecule has 0 saturated heterocycles. The largest absolute Gasteiger partial charge is 0.488 e. The molecule has 0 unspecified atom stereocenters. The molecule has 0 bridgehead atoms. The summed E-state index contributed by atoms with van der Waals surface area (Å²) in [6.07, 6.45) is 3.37. The van der Waals surface area contributed by atoms with Gasteiger partial charge in [-0.1, -0.05) is 22.4 Å². The molecule has 0 fully saturated rings. The summed E-state index contributed by atoms with van der Waals surface area (Å²) in [5.41, 5.74) is 3.32. The van der Waals surface area contributed by atoms with Crippen LogP contribution < -0.4 is 4.74 Å². The number of benzene rings is 1. The van der Waals surface area contributed by atoms with Crippen molar-refractivity contribution in [3.05, 3.63) is 65.8 Å². The third-order valence-electron chi connectivity index (χ3n) is 4.04. The number of rotatable bonds is 5. The van der Waals surface area contributed by atoms with Gasteiger partial charge in [0.15, 0.2) is 0 Å². The molecule has 0 radical (unpaired) electrons. The predicted molar refractivity (Wildman–Crippen MR) is 93.3 cm³/mol. The van der Waals surface area contributed by atoms with E-state index in [1.54, 1.807) is 12.4 Å². The minimum absolute atomic E-state index is 0.351. The zero-order chi connectivity index (χ0) is 17.9. The molecule has 3 aromatic heterocycles. The number of aromatic nitrogens is 4. The van der Waals surface area contributed by atoms with Crippen molar-refractivity contribution in [3.8, 4) is 28.6 Å². The second kappa shape index (κ2) is 6.79. The van der Waals surface area contributed by atoms with Gasteiger partial charge >= 0.3 is 0 Å². The molecule has 26 heavy (non-hydrogen) atoms. The number of para-hydroxylation sites is 1. The molecule has 7 heteroatoms. The normalized spacial score (nSPS) is 10.8. The Hall–Kier alpha value is -3.48. The lowest BCUT2D eigenvalue weighted by atomic mass is 10.2. The molecule has 0 saturated carbocycles. The van der Waals surface area contributed by atoms with Gasteiger partial charge in [-0.15, -0.1) is 0 Å². The maximum absolute atomic E-state index is 5.97. The number of hydrogen-bond donors (Lipinski definition) is 0. The molecule has 130 valence electrons. The second-order valence-corrected chi connectivity index (χ2v) is 5.75. The lowest BCUT2D eigenvalue weighted by molar-refractivity contribution is 0.301. The van der Waals surface area contributed by atoms with Crippen molar-refractivity contribution >= 4 is 0 Å². The van der Waals surface area contributed by atoms with Gasteiger partial charge in [0.2, 0.25) is 5.82 Å². The van der Waals surface area contributed by atoms with E-state index in [-0.39, 0.29) is 0 Å². The fourth-order valence-electron chi connectivity index (χ4n) is 2.58. The molecular formula is C19H16N4O3. The van der Waals surface area contributed by atoms with E-state index in [1.165, 1.54) is 0 Å². The van der Waals surface area contributed by atoms with Crippen LogP contribution in [0.3, 0.4) is 0 Å². The SMILES string of the molecule is Cc1noc(C)c1COc1ccccc1-c1nc(-c2ccncc2)no1. The monoisotopic (exact) mass is 348 g/mol. The number of hydrogen-bond acceptors (Lipinski definition) is 7. The van der Waals surface area contributed by atoms with Gasteiger partial charge in [0.05, 0.1) is 16.8 Å². The van der Waals surface area contributed by atoms with Crippen LogP contribution in [0.1, 0.15) is 17.0 Å². The topological polar surface area (TPSA) is 87.1 Å². The van der Waals surface area contributed by atoms with E-state index in [2.05, 4.69) is 20.3 Å². The highest BCUT2D eigenvalue weighted by molar-refractivity contribution is 5.65. The minimum atomic E-state index is 0.351. The molecule has 4 rings (SSSR count). The Labute approximate surface area is 149 Å². The third-order valence-corrected chi connectivity index (χ3v) is 4.04. The molecule has 7 nitrogen and oxygen atoms in total. The van der Waals surface area contributed by atoms with Gasteiger partial charge in [-0.2, -0.15) is 4.98 Å². The molecular weight excluding hydrogens is 332 g/mol. The summed E-state index contributed by atoms with van der Waals surface area (Å²) >= 11 is 0. The highest BCUT2D eigenvalue weighted by atomic mass is 16.5. The van der Waals surface area contributed by atoms with E-state index in [0.29, 0.717) is 24.1 Å². The van der Waals surface area contributed by atoms with Crippen LogP contribution in [0.15, 0.2) is 57.8 Å². The van der Waals surface area contributed by atoms with Crippen LogP contribution in [0.4, 0.5) is 0 Å². The van der Waals surface area contributed by atoms with E-state index in [4.69, 9.17) is 13.8 Å². The van der Waals surface area contributed by atoms with E-state index >= 15 is 0 Å². The molecule has 0 aliphatic carbocycles. The van der Waals surface area contributed by atoms with Crippen molar-refractivity contribution in [2.24, 2.45) is 0 Å². The first-order valence-electron chi connectivity index (χ1n) is 8.10. The lowest BCUT2D eigenvalue weighted by Crippen LogP contribution is -1.99. The van der Waals surface area contributed by atoms with Crippen LogP contribution in [-0.4, -0.2) is 20.3 Å². The quantitative estimate of drug-likeness (QED) is 0.539. The second-order valence-electron chi connectivity index (χ2n) is 5.75. The Morgan fingerprint density at radius 2 is 1.77 bits per heavy atom. The number of pyridine rings is 1. The molecule has 0 aliphatic rings. The van der Waals surface area contributed by atoms with Gasteiger partial charge in [-0.25, -0.2) is 0 Å². The van der Waals surface area contributed by atoms with Gasteiger partial charge in [-0.3, -0.25) is 4.98 Å². The predicted octanol–water partition coefficient (Wildman–Crippen LogP) is 3.98. The molecule has 0 amide bonds. The number of aryl methyl sites for hydroxylation is 2. The van der Waals surface area contributed by atoms with Gasteiger partial charge in [-0.05, 0) is 38.1 Å². The first-order chi connectivity index (χ1) is 12.7. The molecule has 0 aliphatic heterocycles. The van der Waals surface area contributed by atoms with Gasteiger partial charge < -0.3 is 13.8 Å². The third kappa shape index (κ3) is 3.06. The van der Waals surface area contributed by atoms with Crippen molar-refractivity contribution in [2.75, 3.05) is 0 Å². The molecule has 3 heterocycles. The Balaban J connectivity index is 1.61. The lowest BCUT2D eigenvalue weighted by Gasteiger charge is -2.08. The molecule has 0 spiro atoms. The van der Waals surface area contributed by atoms with Crippen LogP contribution in [0.25, 0.3) is 22.8 Å². The standard InChI is InChI=1S/C19H16N4O3/c1-12-16(13(2)25-22-12)11-24-17-6-4-3-5-15(17)19-21-18(23-26-19)14-7-9-20-10-8-14/h3-10H,11H2,1-2H3. The van der Waals surface area contributed by atoms with Crippen molar-refractivity contribution in [1.82, 2.24) is 20.3 Å². The molecule has 0 N–H and O–H groups in total. The van der Waals surface area contributed by atoms with E-state index in [0.717, 1.165) is 28.1 Å². The Morgan fingerprint density at radius 1 is 0.962 bits per heavy atom. The highest BCUT2D eigenvalue weighted by Crippen LogP contribution is 2.31. The number of nitrogens with zero attached hydrogens (tertiary/aromatic N) is 4. The van der Waals surface area contributed by atoms with Crippen LogP contribution in [0, 0.1) is 13.8 Å². The Bertz CT molecular complexity index is 1000. The fourth-order valence-corrected chi connectivity index (χ4v) is 2.58. The average molecular weight is 348 g/mol. The Kier molecular flexibility index (Phi) is 4.18. The van der Waals surface area contributed by atoms with Crippen LogP contribution >= 0.6 is 0 Å². The van der Waals surface area contributed by atoms with Crippen molar-refractivity contribution in [3.63, 3.8) is 0 Å². The fraction of sp³-hybridized carbons (Fsp3) is 0.158. The van der Waals surface area contributed by atoms with E-state index in [9.17, 15) is 0 Å². The smallest absolute Gasteiger partial charge is 0.262 e. The van der Waals surface area contributed by atoms with E-state index < -0.39 is 0 Å². The molecule has 0 atom stereocenters. The summed E-state index contributed by atoms with van der Waals surface area (Å²) in [6.45, 7) is 4.10. The van der Waals surface area contributed by atoms with Gasteiger partial charge in [0, 0.05) is 18.0 Å². The summed E-state index contributed by atoms with van der Waals surface area (Å²) in [5, 5.41) is 7.99. The zero-order valence-electron chi connectivity index (χ0n) is 14.3. The van der Waals surface area contributed by atoms with Crippen LogP contribution in [-0.2, 0) is 6.61 Å². The maximum Gasteiger partial charge on any atom is 0.262 e. The minimum Gasteiger partial charge on any atom is -0.488 e. The summed E-state index contributed by atoms with van der Waals surface area (Å²) in [5.74, 6) is 2.30. The van der Waals surface area contributed by atoms with Crippen molar-refractivity contribution in [1.29, 1.82) is 0 Å². The van der Waals surface area contributed by atoms with Gasteiger partial charge in [0.1, 0.15) is 18.1 Å². The van der Waals surface area contributed by atoms with Crippen molar-refractivity contribution in [2.45, 2.75) is 20.5 Å². The van der Waals surface area contributed by atoms with E-state index in [1.807, 2.05) is 50.2 Å². The Morgan fingerprint density at radius 3 is 2.54 bits per heavy atom. The zero-order valence-corrected chi connectivity index (χ0v) is 14.3. The van der Waals surface area contributed by atoms with Crippen molar-refractivity contribution < 1.29 is 13.8 Å². The summed E-state index contributed by atoms with van der Waals surface area (Å²) < 4.78 is 16.6. The summed E-state index contributed by atoms with van der Waals surface area (Å²) in [6, 6.07) is 11.2. The van der Waals surface area contributed by atoms with Crippen LogP contribution in [0.5, 0.6) is 5.75 Å². The summed E-state index contributed by atoms with van der Waals surface area (Å²) in [7, 11) is 0. The number of ether oxygens (including phenoxy) is 1. The molecule has 4 aromatic rings. The first kappa shape index (κ1) is 16.0. The first-order valence-corrected chi connectivity index (χ1v) is 8.10. The highest BCUT2D eigenvalue weighted by Gasteiger charge is 2.16. The summed E-state index contributed by atoms with van der Waals surface area (Å²) in [4.78, 5) is 8.47. The average Bonchev–Trinajstić information content (AvgIpc) is 3.29. The maximum atomic E-state index is 5.97. The van der Waals surface area contributed by atoms with Gasteiger partial charge in [0.25, 0.3) is 5.89 Å². The molecule has 1 aromatic carbocycles. The van der Waals surface area contributed by atoms with Crippen LogP contribution in [0.2, 0.25) is 0 Å².